The van der Waals surface area contributed by atoms with Gasteiger partial charge in [-0.1, -0.05) is 6.07 Å². The maximum atomic E-state index is 14.0. The van der Waals surface area contributed by atoms with Crippen LogP contribution in [0.3, 0.4) is 0 Å². The van der Waals surface area contributed by atoms with Gasteiger partial charge in [-0.15, -0.1) is 0 Å². The maximum Gasteiger partial charge on any atom is 0.131 e. The summed E-state index contributed by atoms with van der Waals surface area (Å²) in [7, 11) is 5.68. The molecule has 0 aromatic heterocycles. The van der Waals surface area contributed by atoms with E-state index >= 15 is 0 Å². The van der Waals surface area contributed by atoms with Gasteiger partial charge in [-0.05, 0) is 45.8 Å². The van der Waals surface area contributed by atoms with Crippen LogP contribution in [0, 0.1) is 5.82 Å². The number of hydrogen-bond acceptors (Lipinski definition) is 3. The van der Waals surface area contributed by atoms with Gasteiger partial charge in [0.1, 0.15) is 11.6 Å². The molecule has 112 valence electrons. The molecule has 3 nitrogen and oxygen atoms in total. The monoisotopic (exact) mass is 280 g/mol. The third-order valence-electron chi connectivity index (χ3n) is 4.41. The second-order valence-electron chi connectivity index (χ2n) is 5.67. The lowest BCUT2D eigenvalue weighted by molar-refractivity contribution is 0.168. The zero-order chi connectivity index (χ0) is 14.5. The highest BCUT2D eigenvalue weighted by molar-refractivity contribution is 5.28. The van der Waals surface area contributed by atoms with E-state index in [1.165, 1.54) is 31.7 Å². The van der Waals surface area contributed by atoms with Crippen LogP contribution in [0.5, 0.6) is 5.75 Å². The zero-order valence-corrected chi connectivity index (χ0v) is 12.7. The summed E-state index contributed by atoms with van der Waals surface area (Å²) in [4.78, 5) is 2.27. The van der Waals surface area contributed by atoms with E-state index < -0.39 is 0 Å². The zero-order valence-electron chi connectivity index (χ0n) is 12.7. The number of hydrogen-bond donors (Lipinski definition) is 1. The summed E-state index contributed by atoms with van der Waals surface area (Å²) in [5, 5.41) is 3.34. The lowest BCUT2D eigenvalue weighted by Gasteiger charge is -2.34. The number of methoxy groups -OCH3 is 1. The molecule has 0 radical (unpaired) electrons. The largest absolute Gasteiger partial charge is 0.497 e. The van der Waals surface area contributed by atoms with Crippen molar-refractivity contribution in [1.82, 2.24) is 10.2 Å². The van der Waals surface area contributed by atoms with Crippen LogP contribution in [0.25, 0.3) is 0 Å². The molecule has 2 rings (SSSR count). The van der Waals surface area contributed by atoms with E-state index in [9.17, 15) is 4.39 Å². The first kappa shape index (κ1) is 15.3. The van der Waals surface area contributed by atoms with Crippen molar-refractivity contribution in [3.05, 3.63) is 29.6 Å². The molecule has 0 heterocycles. The lowest BCUT2D eigenvalue weighted by atomic mass is 9.90. The molecule has 20 heavy (non-hydrogen) atoms. The van der Waals surface area contributed by atoms with Crippen molar-refractivity contribution in [1.29, 1.82) is 0 Å². The first-order valence-corrected chi connectivity index (χ1v) is 7.34. The Morgan fingerprint density at radius 2 is 2.00 bits per heavy atom. The van der Waals surface area contributed by atoms with Crippen LogP contribution < -0.4 is 10.1 Å². The molecule has 0 aliphatic heterocycles. The van der Waals surface area contributed by atoms with Crippen molar-refractivity contribution in [3.63, 3.8) is 0 Å². The summed E-state index contributed by atoms with van der Waals surface area (Å²) in [6.07, 6.45) is 4.77. The Morgan fingerprint density at radius 3 is 2.55 bits per heavy atom. The lowest BCUT2D eigenvalue weighted by Crippen LogP contribution is -2.39. The van der Waals surface area contributed by atoms with Crippen molar-refractivity contribution in [3.8, 4) is 5.75 Å². The highest BCUT2D eigenvalue weighted by Crippen LogP contribution is 2.24. The van der Waals surface area contributed by atoms with Crippen LogP contribution in [0.15, 0.2) is 18.2 Å². The molecule has 0 saturated heterocycles. The van der Waals surface area contributed by atoms with Crippen LogP contribution in [-0.4, -0.2) is 38.2 Å². The molecule has 1 saturated carbocycles. The van der Waals surface area contributed by atoms with E-state index in [1.54, 1.807) is 7.11 Å². The molecule has 4 heteroatoms. The minimum absolute atomic E-state index is 0.180. The molecule has 1 aliphatic rings. The summed E-state index contributed by atoms with van der Waals surface area (Å²) >= 11 is 0. The number of rotatable bonds is 5. The predicted molar refractivity (Wildman–Crippen MR) is 79.5 cm³/mol. The van der Waals surface area contributed by atoms with Gasteiger partial charge in [0.15, 0.2) is 0 Å². The van der Waals surface area contributed by atoms with E-state index in [-0.39, 0.29) is 5.82 Å². The summed E-state index contributed by atoms with van der Waals surface area (Å²) in [6.45, 7) is 0.657. The smallest absolute Gasteiger partial charge is 0.131 e. The highest BCUT2D eigenvalue weighted by atomic mass is 19.1. The van der Waals surface area contributed by atoms with Gasteiger partial charge < -0.3 is 10.1 Å². The molecular formula is C16H25FN2O. The summed E-state index contributed by atoms with van der Waals surface area (Å²) in [5.41, 5.74) is 0.740. The molecule has 1 fully saturated rings. The Morgan fingerprint density at radius 1 is 1.30 bits per heavy atom. The third kappa shape index (κ3) is 3.70. The summed E-state index contributed by atoms with van der Waals surface area (Å²) in [6, 6.07) is 6.31. The summed E-state index contributed by atoms with van der Waals surface area (Å²) in [5.74, 6) is 0.392. The van der Waals surface area contributed by atoms with Gasteiger partial charge in [-0.2, -0.15) is 0 Å². The van der Waals surface area contributed by atoms with E-state index in [1.807, 2.05) is 19.2 Å². The van der Waals surface area contributed by atoms with Crippen LogP contribution in [0.1, 0.15) is 31.2 Å². The first-order valence-electron chi connectivity index (χ1n) is 7.34. The Kier molecular flexibility index (Phi) is 5.38. The molecular weight excluding hydrogens is 255 g/mol. The Bertz CT molecular complexity index is 430. The first-order chi connectivity index (χ1) is 9.63. The van der Waals surface area contributed by atoms with Crippen molar-refractivity contribution < 1.29 is 9.13 Å². The number of nitrogens with one attached hydrogen (secondary N) is 1. The molecule has 0 atom stereocenters. The van der Waals surface area contributed by atoms with Crippen LogP contribution >= 0.6 is 0 Å². The average Bonchev–Trinajstić information content (AvgIpc) is 2.49. The van der Waals surface area contributed by atoms with E-state index in [4.69, 9.17) is 4.74 Å². The van der Waals surface area contributed by atoms with Crippen molar-refractivity contribution in [2.75, 3.05) is 21.2 Å². The predicted octanol–water partition coefficient (Wildman–Crippen LogP) is 2.80. The van der Waals surface area contributed by atoms with Gasteiger partial charge in [-0.25, -0.2) is 4.39 Å². The van der Waals surface area contributed by atoms with Crippen LogP contribution in [0.4, 0.5) is 4.39 Å². The van der Waals surface area contributed by atoms with Gasteiger partial charge in [0, 0.05) is 30.3 Å². The standard InChI is InChI=1S/C16H25FN2O/c1-18-13-5-7-14(8-6-13)19(2)11-12-4-9-15(20-3)10-16(12)17/h4,9-10,13-14,18H,5-8,11H2,1-3H3. The van der Waals surface area contributed by atoms with Gasteiger partial charge in [0.05, 0.1) is 7.11 Å². The summed E-state index contributed by atoms with van der Waals surface area (Å²) < 4.78 is 19.0. The van der Waals surface area contributed by atoms with Gasteiger partial charge in [0.2, 0.25) is 0 Å². The topological polar surface area (TPSA) is 24.5 Å². The highest BCUT2D eigenvalue weighted by Gasteiger charge is 2.23. The molecule has 1 aromatic carbocycles. The number of ether oxygens (including phenoxy) is 1. The SMILES string of the molecule is CNC1CCC(N(C)Cc2ccc(OC)cc2F)CC1. The molecule has 0 spiro atoms. The Balaban J connectivity index is 1.93. The van der Waals surface area contributed by atoms with Crippen molar-refractivity contribution in [2.45, 2.75) is 44.3 Å². The van der Waals surface area contributed by atoms with Crippen molar-refractivity contribution >= 4 is 0 Å². The normalized spacial score (nSPS) is 23.1. The Hall–Kier alpha value is -1.13. The molecule has 1 aromatic rings. The maximum absolute atomic E-state index is 14.0. The van der Waals surface area contributed by atoms with Crippen LogP contribution in [-0.2, 0) is 6.54 Å². The number of benzene rings is 1. The van der Waals surface area contributed by atoms with Gasteiger partial charge >= 0.3 is 0 Å². The molecule has 0 amide bonds. The van der Waals surface area contributed by atoms with Crippen LogP contribution in [0.2, 0.25) is 0 Å². The fraction of sp³-hybridized carbons (Fsp3) is 0.625. The molecule has 1 aliphatic carbocycles. The average molecular weight is 280 g/mol. The third-order valence-corrected chi connectivity index (χ3v) is 4.41. The van der Waals surface area contributed by atoms with Crippen molar-refractivity contribution in [2.24, 2.45) is 0 Å². The number of halogens is 1. The molecule has 0 unspecified atom stereocenters. The minimum Gasteiger partial charge on any atom is -0.497 e. The van der Waals surface area contributed by atoms with E-state index in [2.05, 4.69) is 17.3 Å². The fourth-order valence-corrected chi connectivity index (χ4v) is 2.99. The quantitative estimate of drug-likeness (QED) is 0.897. The Labute approximate surface area is 121 Å². The number of nitrogens with zero attached hydrogens (tertiary/aromatic N) is 1. The second-order valence-corrected chi connectivity index (χ2v) is 5.67. The molecule has 1 N–H and O–H groups in total. The van der Waals surface area contributed by atoms with Gasteiger partial charge in [0.25, 0.3) is 0 Å². The minimum atomic E-state index is -0.180. The fourth-order valence-electron chi connectivity index (χ4n) is 2.99. The molecule has 0 bridgehead atoms. The second kappa shape index (κ2) is 7.04. The van der Waals surface area contributed by atoms with E-state index in [0.717, 1.165) is 5.56 Å². The van der Waals surface area contributed by atoms with Gasteiger partial charge in [-0.3, -0.25) is 4.90 Å². The van der Waals surface area contributed by atoms with E-state index in [0.29, 0.717) is 24.4 Å².